The second kappa shape index (κ2) is 8.67. The lowest BCUT2D eigenvalue weighted by Gasteiger charge is -2.25. The average Bonchev–Trinajstić information content (AvgIpc) is 2.73. The number of pyridine rings is 1. The number of anilines is 1. The number of hydrogen-bond donors (Lipinski definition) is 0. The Hall–Kier alpha value is -2.84. The van der Waals surface area contributed by atoms with Gasteiger partial charge in [0.15, 0.2) is 11.5 Å². The van der Waals surface area contributed by atoms with Crippen molar-refractivity contribution in [2.75, 3.05) is 18.5 Å². The van der Waals surface area contributed by atoms with Crippen LogP contribution in [0.5, 0.6) is 11.5 Å². The van der Waals surface area contributed by atoms with Crippen LogP contribution in [0.25, 0.3) is 0 Å². The summed E-state index contributed by atoms with van der Waals surface area (Å²) < 4.78 is 52.9. The highest BCUT2D eigenvalue weighted by Crippen LogP contribution is 2.35. The van der Waals surface area contributed by atoms with Crippen molar-refractivity contribution >= 4 is 27.3 Å². The molecule has 0 radical (unpaired) electrons. The molecule has 6 nitrogen and oxygen atoms in total. The second-order valence-corrected chi connectivity index (χ2v) is 8.25. The summed E-state index contributed by atoms with van der Waals surface area (Å²) in [5, 5.41) is 0.449. The minimum absolute atomic E-state index is 0.0500. The molecule has 1 heterocycles. The van der Waals surface area contributed by atoms with Gasteiger partial charge in [0, 0.05) is 29.5 Å². The van der Waals surface area contributed by atoms with Gasteiger partial charge in [0.25, 0.3) is 10.0 Å². The fourth-order valence-corrected chi connectivity index (χ4v) is 4.37. The molecule has 3 rings (SSSR count). The number of nitrogens with zero attached hydrogens (tertiary/aromatic N) is 2. The lowest BCUT2D eigenvalue weighted by molar-refractivity contribution is 0.350. The first-order valence-corrected chi connectivity index (χ1v) is 10.3. The number of ether oxygens (including phenoxy) is 2. The maximum atomic E-state index is 14.8. The van der Waals surface area contributed by atoms with Crippen molar-refractivity contribution in [1.82, 2.24) is 4.98 Å². The van der Waals surface area contributed by atoms with E-state index in [-0.39, 0.29) is 18.0 Å². The molecule has 0 saturated carbocycles. The van der Waals surface area contributed by atoms with Gasteiger partial charge in [-0.2, -0.15) is 0 Å². The van der Waals surface area contributed by atoms with E-state index in [4.69, 9.17) is 21.1 Å². The van der Waals surface area contributed by atoms with Crippen molar-refractivity contribution in [3.63, 3.8) is 0 Å². The summed E-state index contributed by atoms with van der Waals surface area (Å²) in [6, 6.07) is 11.7. The van der Waals surface area contributed by atoms with Crippen molar-refractivity contribution in [2.45, 2.75) is 11.4 Å². The predicted molar refractivity (Wildman–Crippen MR) is 109 cm³/mol. The standard InChI is InChI=1S/C20H18ClFN2O4S/c1-27-18-10-17(22)20(11-19(18)28-2)29(25,26)24(13-14-4-3-9-23-12-14)16-7-5-15(21)6-8-16/h3-12H,13H2,1-2H3. The zero-order chi connectivity index (χ0) is 21.0. The maximum absolute atomic E-state index is 14.8. The molecule has 0 fully saturated rings. The Labute approximate surface area is 173 Å². The molecule has 0 amide bonds. The topological polar surface area (TPSA) is 68.7 Å². The molecule has 2 aromatic carbocycles. The van der Waals surface area contributed by atoms with Crippen molar-refractivity contribution in [1.29, 1.82) is 0 Å². The van der Waals surface area contributed by atoms with Crippen molar-refractivity contribution < 1.29 is 22.3 Å². The molecule has 0 aliphatic rings. The van der Waals surface area contributed by atoms with E-state index in [2.05, 4.69) is 4.98 Å². The van der Waals surface area contributed by atoms with Crippen LogP contribution < -0.4 is 13.8 Å². The lowest BCUT2D eigenvalue weighted by atomic mass is 10.2. The van der Waals surface area contributed by atoms with E-state index in [0.717, 1.165) is 16.4 Å². The summed E-state index contributed by atoms with van der Waals surface area (Å²) >= 11 is 5.94. The second-order valence-electron chi connectivity index (χ2n) is 5.99. The third-order valence-electron chi connectivity index (χ3n) is 4.17. The van der Waals surface area contributed by atoms with Crippen LogP contribution in [0.1, 0.15) is 5.56 Å². The van der Waals surface area contributed by atoms with E-state index >= 15 is 0 Å². The van der Waals surface area contributed by atoms with Gasteiger partial charge < -0.3 is 9.47 Å². The molecule has 1 aromatic heterocycles. The van der Waals surface area contributed by atoms with E-state index in [1.807, 2.05) is 0 Å². The van der Waals surface area contributed by atoms with E-state index in [1.54, 1.807) is 48.8 Å². The van der Waals surface area contributed by atoms with Crippen molar-refractivity contribution in [3.8, 4) is 11.5 Å². The fraction of sp³-hybridized carbons (Fsp3) is 0.150. The summed E-state index contributed by atoms with van der Waals surface area (Å²) in [5.74, 6) is -0.757. The van der Waals surface area contributed by atoms with E-state index < -0.39 is 20.7 Å². The van der Waals surface area contributed by atoms with Crippen LogP contribution in [-0.4, -0.2) is 27.6 Å². The van der Waals surface area contributed by atoms with E-state index in [0.29, 0.717) is 16.3 Å². The number of aromatic nitrogens is 1. The number of rotatable bonds is 7. The highest BCUT2D eigenvalue weighted by atomic mass is 35.5. The normalized spacial score (nSPS) is 11.2. The molecular weight excluding hydrogens is 419 g/mol. The van der Waals surface area contributed by atoms with E-state index in [9.17, 15) is 12.8 Å². The predicted octanol–water partition coefficient (Wildman–Crippen LogP) is 4.29. The summed E-state index contributed by atoms with van der Waals surface area (Å²) in [5.41, 5.74) is 0.958. The highest BCUT2D eigenvalue weighted by molar-refractivity contribution is 7.92. The zero-order valence-corrected chi connectivity index (χ0v) is 17.2. The number of methoxy groups -OCH3 is 2. The van der Waals surface area contributed by atoms with Gasteiger partial charge in [0.2, 0.25) is 0 Å². The van der Waals surface area contributed by atoms with Gasteiger partial charge in [0.05, 0.1) is 26.5 Å². The first-order chi connectivity index (χ1) is 13.9. The molecular formula is C20H18ClFN2O4S. The monoisotopic (exact) mass is 436 g/mol. The van der Waals surface area contributed by atoms with Crippen LogP contribution in [0, 0.1) is 5.82 Å². The molecule has 9 heteroatoms. The van der Waals surface area contributed by atoms with E-state index in [1.165, 1.54) is 14.2 Å². The molecule has 152 valence electrons. The molecule has 0 bridgehead atoms. The Morgan fingerprint density at radius 2 is 1.72 bits per heavy atom. The molecule has 0 spiro atoms. The first-order valence-electron chi connectivity index (χ1n) is 8.45. The zero-order valence-electron chi connectivity index (χ0n) is 15.7. The van der Waals surface area contributed by atoms with Crippen LogP contribution in [0.4, 0.5) is 10.1 Å². The number of sulfonamides is 1. The number of benzene rings is 2. The Kier molecular flexibility index (Phi) is 6.24. The van der Waals surface area contributed by atoms with Crippen LogP contribution in [0.2, 0.25) is 5.02 Å². The Balaban J connectivity index is 2.14. The van der Waals surface area contributed by atoms with Gasteiger partial charge in [-0.1, -0.05) is 17.7 Å². The third kappa shape index (κ3) is 4.44. The number of halogens is 2. The molecule has 29 heavy (non-hydrogen) atoms. The lowest BCUT2D eigenvalue weighted by Crippen LogP contribution is -2.31. The molecule has 0 aliphatic carbocycles. The van der Waals surface area contributed by atoms with Crippen LogP contribution in [0.15, 0.2) is 65.8 Å². The van der Waals surface area contributed by atoms with Crippen LogP contribution >= 0.6 is 11.6 Å². The van der Waals surface area contributed by atoms with Gasteiger partial charge in [-0.05, 0) is 35.9 Å². The third-order valence-corrected chi connectivity index (χ3v) is 6.21. The van der Waals surface area contributed by atoms with Crippen molar-refractivity contribution in [3.05, 3.63) is 77.3 Å². The minimum Gasteiger partial charge on any atom is -0.493 e. The molecule has 3 aromatic rings. The smallest absolute Gasteiger partial charge is 0.267 e. The Morgan fingerprint density at radius 1 is 1.07 bits per heavy atom. The molecule has 0 aliphatic heterocycles. The van der Waals surface area contributed by atoms with Gasteiger partial charge in [0.1, 0.15) is 10.7 Å². The Morgan fingerprint density at radius 3 is 2.31 bits per heavy atom. The molecule has 0 atom stereocenters. The average molecular weight is 437 g/mol. The van der Waals surface area contributed by atoms with Gasteiger partial charge in [-0.3, -0.25) is 9.29 Å². The largest absolute Gasteiger partial charge is 0.493 e. The van der Waals surface area contributed by atoms with Gasteiger partial charge in [-0.25, -0.2) is 12.8 Å². The van der Waals surface area contributed by atoms with Crippen LogP contribution in [-0.2, 0) is 16.6 Å². The van der Waals surface area contributed by atoms with Gasteiger partial charge in [-0.15, -0.1) is 0 Å². The molecule has 0 unspecified atom stereocenters. The number of hydrogen-bond acceptors (Lipinski definition) is 5. The van der Waals surface area contributed by atoms with Gasteiger partial charge >= 0.3 is 0 Å². The fourth-order valence-electron chi connectivity index (χ4n) is 2.73. The molecule has 0 saturated heterocycles. The van der Waals surface area contributed by atoms with Crippen LogP contribution in [0.3, 0.4) is 0 Å². The van der Waals surface area contributed by atoms with Crippen molar-refractivity contribution in [2.24, 2.45) is 0 Å². The summed E-state index contributed by atoms with van der Waals surface area (Å²) in [6.07, 6.45) is 3.13. The SMILES string of the molecule is COc1cc(F)c(S(=O)(=O)N(Cc2cccnc2)c2ccc(Cl)cc2)cc1OC. The molecule has 0 N–H and O–H groups in total. The summed E-state index contributed by atoms with van der Waals surface area (Å²) in [7, 11) is -1.61. The summed E-state index contributed by atoms with van der Waals surface area (Å²) in [4.78, 5) is 3.48. The minimum atomic E-state index is -4.30. The maximum Gasteiger partial charge on any atom is 0.267 e. The Bertz CT molecular complexity index is 1090. The first kappa shape index (κ1) is 20.9. The summed E-state index contributed by atoms with van der Waals surface area (Å²) in [6.45, 7) is -0.0500. The quantitative estimate of drug-likeness (QED) is 0.552. The highest BCUT2D eigenvalue weighted by Gasteiger charge is 2.30.